The number of benzene rings is 1. The molecule has 0 bridgehead atoms. The van der Waals surface area contributed by atoms with E-state index in [1.807, 2.05) is 24.4 Å². The summed E-state index contributed by atoms with van der Waals surface area (Å²) in [6.07, 6.45) is 5.06. The lowest BCUT2D eigenvalue weighted by atomic mass is 10.1. The van der Waals surface area contributed by atoms with Crippen molar-refractivity contribution < 1.29 is 4.74 Å². The van der Waals surface area contributed by atoms with Crippen LogP contribution in [0.1, 0.15) is 30.8 Å². The standard InChI is InChI=1S/C17H21Cl2N3O/c1-2-6-22-7-5-20-17(22)12-21-8-9-23-16(11-21)13-3-4-14(18)15(19)10-13/h3-5,7,10,16H,2,6,8-9,11-12H2,1H3. The fourth-order valence-corrected chi connectivity index (χ4v) is 3.20. The zero-order valence-electron chi connectivity index (χ0n) is 13.2. The second-order valence-corrected chi connectivity index (χ2v) is 6.62. The molecule has 3 rings (SSSR count). The third kappa shape index (κ3) is 4.07. The van der Waals surface area contributed by atoms with Crippen LogP contribution in [0, 0.1) is 0 Å². The third-order valence-electron chi connectivity index (χ3n) is 4.10. The van der Waals surface area contributed by atoms with Gasteiger partial charge in [-0.1, -0.05) is 36.2 Å². The van der Waals surface area contributed by atoms with Gasteiger partial charge in [-0.25, -0.2) is 4.98 Å². The molecule has 0 saturated carbocycles. The molecular formula is C17H21Cl2N3O. The van der Waals surface area contributed by atoms with Gasteiger partial charge >= 0.3 is 0 Å². The highest BCUT2D eigenvalue weighted by Crippen LogP contribution is 2.29. The van der Waals surface area contributed by atoms with E-state index in [0.717, 1.165) is 44.0 Å². The number of aryl methyl sites for hydroxylation is 1. The zero-order chi connectivity index (χ0) is 16.2. The second kappa shape index (κ2) is 7.67. The van der Waals surface area contributed by atoms with E-state index >= 15 is 0 Å². The number of imidazole rings is 1. The number of rotatable bonds is 5. The quantitative estimate of drug-likeness (QED) is 0.807. The van der Waals surface area contributed by atoms with Crippen molar-refractivity contribution in [1.82, 2.24) is 14.5 Å². The Morgan fingerprint density at radius 2 is 2.17 bits per heavy atom. The average molecular weight is 354 g/mol. The van der Waals surface area contributed by atoms with Crippen molar-refractivity contribution in [3.8, 4) is 0 Å². The number of aromatic nitrogens is 2. The van der Waals surface area contributed by atoms with Crippen LogP contribution in [-0.2, 0) is 17.8 Å². The SMILES string of the molecule is CCCn1ccnc1CN1CCOC(c2ccc(Cl)c(Cl)c2)C1. The van der Waals surface area contributed by atoms with Gasteiger partial charge in [-0.05, 0) is 24.1 Å². The van der Waals surface area contributed by atoms with Crippen LogP contribution in [0.25, 0.3) is 0 Å². The van der Waals surface area contributed by atoms with Gasteiger partial charge < -0.3 is 9.30 Å². The highest BCUT2D eigenvalue weighted by molar-refractivity contribution is 6.42. The molecule has 1 unspecified atom stereocenters. The van der Waals surface area contributed by atoms with Crippen molar-refractivity contribution in [2.75, 3.05) is 19.7 Å². The molecular weight excluding hydrogens is 333 g/mol. The Morgan fingerprint density at radius 1 is 1.30 bits per heavy atom. The van der Waals surface area contributed by atoms with Crippen LogP contribution in [0.2, 0.25) is 10.0 Å². The number of hydrogen-bond acceptors (Lipinski definition) is 3. The summed E-state index contributed by atoms with van der Waals surface area (Å²) in [6.45, 7) is 6.48. The summed E-state index contributed by atoms with van der Waals surface area (Å²) in [6, 6.07) is 5.71. The predicted octanol–water partition coefficient (Wildman–Crippen LogP) is 4.17. The molecule has 4 nitrogen and oxygen atoms in total. The van der Waals surface area contributed by atoms with Crippen molar-refractivity contribution in [2.24, 2.45) is 0 Å². The van der Waals surface area contributed by atoms with Gasteiger partial charge in [0, 0.05) is 32.0 Å². The minimum Gasteiger partial charge on any atom is -0.371 e. The van der Waals surface area contributed by atoms with Gasteiger partial charge in [0.05, 0.1) is 29.3 Å². The first-order valence-corrected chi connectivity index (χ1v) is 8.72. The summed E-state index contributed by atoms with van der Waals surface area (Å²) < 4.78 is 8.14. The van der Waals surface area contributed by atoms with E-state index < -0.39 is 0 Å². The summed E-state index contributed by atoms with van der Waals surface area (Å²) in [5.41, 5.74) is 1.07. The van der Waals surface area contributed by atoms with Crippen LogP contribution in [0.15, 0.2) is 30.6 Å². The van der Waals surface area contributed by atoms with Crippen LogP contribution >= 0.6 is 23.2 Å². The molecule has 1 aromatic carbocycles. The van der Waals surface area contributed by atoms with Crippen molar-refractivity contribution in [1.29, 1.82) is 0 Å². The zero-order valence-corrected chi connectivity index (χ0v) is 14.7. The Bertz CT molecular complexity index is 659. The first-order valence-electron chi connectivity index (χ1n) is 7.96. The molecule has 1 atom stereocenters. The maximum Gasteiger partial charge on any atom is 0.122 e. The molecule has 1 aliphatic rings. The van der Waals surface area contributed by atoms with Gasteiger partial charge in [0.2, 0.25) is 0 Å². The molecule has 1 fully saturated rings. The number of nitrogens with zero attached hydrogens (tertiary/aromatic N) is 3. The van der Waals surface area contributed by atoms with E-state index in [1.165, 1.54) is 0 Å². The normalized spacial score (nSPS) is 19.2. The van der Waals surface area contributed by atoms with Gasteiger partial charge in [-0.2, -0.15) is 0 Å². The van der Waals surface area contributed by atoms with Crippen molar-refractivity contribution >= 4 is 23.2 Å². The predicted molar refractivity (Wildman–Crippen MR) is 93.0 cm³/mol. The number of hydrogen-bond donors (Lipinski definition) is 0. The topological polar surface area (TPSA) is 30.3 Å². The molecule has 23 heavy (non-hydrogen) atoms. The first-order chi connectivity index (χ1) is 11.2. The molecule has 2 heterocycles. The number of ether oxygens (including phenoxy) is 1. The molecule has 0 amide bonds. The largest absolute Gasteiger partial charge is 0.371 e. The smallest absolute Gasteiger partial charge is 0.122 e. The summed E-state index contributed by atoms with van der Waals surface area (Å²) in [5, 5.41) is 1.15. The van der Waals surface area contributed by atoms with E-state index in [4.69, 9.17) is 27.9 Å². The molecule has 0 spiro atoms. The van der Waals surface area contributed by atoms with E-state index in [2.05, 4.69) is 27.6 Å². The monoisotopic (exact) mass is 353 g/mol. The molecule has 1 aromatic heterocycles. The molecule has 0 radical (unpaired) electrons. The molecule has 2 aromatic rings. The lowest BCUT2D eigenvalue weighted by Gasteiger charge is -2.33. The van der Waals surface area contributed by atoms with Crippen molar-refractivity contribution in [2.45, 2.75) is 32.5 Å². The van der Waals surface area contributed by atoms with Crippen molar-refractivity contribution in [3.63, 3.8) is 0 Å². The number of halogens is 2. The Labute approximate surface area is 147 Å². The maximum atomic E-state index is 6.13. The molecule has 1 aliphatic heterocycles. The minimum absolute atomic E-state index is 0.0214. The van der Waals surface area contributed by atoms with E-state index in [1.54, 1.807) is 0 Å². The molecule has 124 valence electrons. The van der Waals surface area contributed by atoms with E-state index in [9.17, 15) is 0 Å². The summed E-state index contributed by atoms with van der Waals surface area (Å²) in [5.74, 6) is 1.11. The minimum atomic E-state index is 0.0214. The lowest BCUT2D eigenvalue weighted by Crippen LogP contribution is -2.38. The van der Waals surface area contributed by atoms with Gasteiger partial charge in [-0.15, -0.1) is 0 Å². The molecule has 1 saturated heterocycles. The van der Waals surface area contributed by atoms with Crippen LogP contribution < -0.4 is 0 Å². The summed E-state index contributed by atoms with van der Waals surface area (Å²) in [4.78, 5) is 6.87. The fourth-order valence-electron chi connectivity index (χ4n) is 2.90. The van der Waals surface area contributed by atoms with Crippen LogP contribution in [-0.4, -0.2) is 34.1 Å². The molecule has 0 N–H and O–H groups in total. The summed E-state index contributed by atoms with van der Waals surface area (Å²) >= 11 is 12.1. The van der Waals surface area contributed by atoms with Crippen LogP contribution in [0.3, 0.4) is 0 Å². The third-order valence-corrected chi connectivity index (χ3v) is 4.84. The Kier molecular flexibility index (Phi) is 5.59. The van der Waals surface area contributed by atoms with Crippen molar-refractivity contribution in [3.05, 3.63) is 52.0 Å². The molecule has 6 heteroatoms. The molecule has 0 aliphatic carbocycles. The van der Waals surface area contributed by atoms with Gasteiger partial charge in [0.1, 0.15) is 5.82 Å². The Morgan fingerprint density at radius 3 is 2.96 bits per heavy atom. The maximum absolute atomic E-state index is 6.13. The highest BCUT2D eigenvalue weighted by Gasteiger charge is 2.23. The fraction of sp³-hybridized carbons (Fsp3) is 0.471. The Hall–Kier alpha value is -1.07. The van der Waals surface area contributed by atoms with E-state index in [0.29, 0.717) is 16.7 Å². The van der Waals surface area contributed by atoms with Gasteiger partial charge in [0.25, 0.3) is 0 Å². The van der Waals surface area contributed by atoms with E-state index in [-0.39, 0.29) is 6.10 Å². The van der Waals surface area contributed by atoms with Crippen LogP contribution in [0.5, 0.6) is 0 Å². The summed E-state index contributed by atoms with van der Waals surface area (Å²) in [7, 11) is 0. The Balaban J connectivity index is 1.68. The van der Waals surface area contributed by atoms with Gasteiger partial charge in [0.15, 0.2) is 0 Å². The van der Waals surface area contributed by atoms with Gasteiger partial charge in [-0.3, -0.25) is 4.90 Å². The van der Waals surface area contributed by atoms with Crippen LogP contribution in [0.4, 0.5) is 0 Å². The first kappa shape index (κ1) is 16.8. The average Bonchev–Trinajstić information content (AvgIpc) is 2.98. The highest BCUT2D eigenvalue weighted by atomic mass is 35.5. The number of morpholine rings is 1. The second-order valence-electron chi connectivity index (χ2n) is 5.80. The lowest BCUT2D eigenvalue weighted by molar-refractivity contribution is -0.0339.